The lowest BCUT2D eigenvalue weighted by Crippen LogP contribution is -2.09. The summed E-state index contributed by atoms with van der Waals surface area (Å²) in [6, 6.07) is 6.53. The first kappa shape index (κ1) is 35.9. The number of alkyl halides is 3. The molecule has 8 heteroatoms. The lowest BCUT2D eigenvalue weighted by atomic mass is 10.1. The number of benzene rings is 1. The van der Waals surface area contributed by atoms with E-state index in [1.807, 2.05) is 46.8 Å². The first-order chi connectivity index (χ1) is 15.9. The topological polar surface area (TPSA) is 80.4 Å². The highest BCUT2D eigenvalue weighted by Gasteiger charge is 2.29. The molecule has 0 spiro atoms. The van der Waals surface area contributed by atoms with Gasteiger partial charge in [-0.05, 0) is 68.9 Å². The van der Waals surface area contributed by atoms with E-state index < -0.39 is 23.6 Å². The number of hydrogen-bond acceptors (Lipinski definition) is 4. The third-order valence-electron chi connectivity index (χ3n) is 3.72. The number of halogens is 3. The minimum absolute atomic E-state index is 0.407. The predicted octanol–water partition coefficient (Wildman–Crippen LogP) is 8.10. The number of carboxylic acids is 1. The van der Waals surface area contributed by atoms with Gasteiger partial charge >= 0.3 is 12.1 Å². The Bertz CT molecular complexity index is 824. The number of hydrogen-bond donors (Lipinski definition) is 2. The molecule has 0 saturated carbocycles. The standard InChI is InChI=1S/C12H7F3OS.C6H10O2.C4H8.C2H7N.C2H6/c13-12(14,15)10-3-1-8(2-4-10)9-5-11(6-16)17-7-9;1-4(2)5(3)6(7)8;1-3-4-2;1-2-3;1-2/h1-7H;5H,1H2,2-3H3,(H,7,8);3-4H,1-2H3;2-3H2,1H3;1-2H3/b;;4-3-;;. The van der Waals surface area contributed by atoms with Gasteiger partial charge in [-0.25, -0.2) is 0 Å². The predicted molar refractivity (Wildman–Crippen MR) is 138 cm³/mol. The molecule has 1 aromatic carbocycles. The zero-order valence-corrected chi connectivity index (χ0v) is 21.9. The summed E-state index contributed by atoms with van der Waals surface area (Å²) in [6.45, 7) is 17.5. The summed E-state index contributed by atoms with van der Waals surface area (Å²) < 4.78 is 37.0. The van der Waals surface area contributed by atoms with Crippen molar-refractivity contribution in [3.63, 3.8) is 0 Å². The van der Waals surface area contributed by atoms with Crippen molar-refractivity contribution in [2.24, 2.45) is 11.7 Å². The first-order valence-corrected chi connectivity index (χ1v) is 11.6. The molecule has 1 unspecified atom stereocenters. The van der Waals surface area contributed by atoms with Gasteiger partial charge < -0.3 is 10.8 Å². The van der Waals surface area contributed by atoms with Gasteiger partial charge in [0.25, 0.3) is 0 Å². The van der Waals surface area contributed by atoms with Crippen LogP contribution in [0.25, 0.3) is 11.1 Å². The smallest absolute Gasteiger partial charge is 0.416 e. The second-order valence-electron chi connectivity index (χ2n) is 6.41. The number of aldehydes is 1. The second-order valence-corrected chi connectivity index (χ2v) is 7.35. The quantitative estimate of drug-likeness (QED) is 0.328. The van der Waals surface area contributed by atoms with Gasteiger partial charge in [-0.1, -0.05) is 57.2 Å². The van der Waals surface area contributed by atoms with Crippen LogP contribution in [0.3, 0.4) is 0 Å². The number of nitrogens with two attached hydrogens (primary N) is 1. The average Bonchev–Trinajstić information content (AvgIpc) is 3.30. The van der Waals surface area contributed by atoms with Gasteiger partial charge in [0.1, 0.15) is 0 Å². The van der Waals surface area contributed by atoms with Gasteiger partial charge in [0.15, 0.2) is 6.29 Å². The first-order valence-electron chi connectivity index (χ1n) is 10.8. The van der Waals surface area contributed by atoms with Crippen molar-refractivity contribution < 1.29 is 27.9 Å². The molecular formula is C26H38F3NO3S. The van der Waals surface area contributed by atoms with Crippen LogP contribution >= 0.6 is 11.3 Å². The molecule has 0 aliphatic carbocycles. The fourth-order valence-electron chi connectivity index (χ4n) is 1.63. The van der Waals surface area contributed by atoms with Gasteiger partial charge in [0, 0.05) is 0 Å². The normalized spacial score (nSPS) is 10.6. The van der Waals surface area contributed by atoms with Gasteiger partial charge in [0.2, 0.25) is 0 Å². The molecule has 34 heavy (non-hydrogen) atoms. The van der Waals surface area contributed by atoms with Crippen LogP contribution in [-0.2, 0) is 11.0 Å². The third-order valence-corrected chi connectivity index (χ3v) is 4.58. The van der Waals surface area contributed by atoms with Crippen LogP contribution in [-0.4, -0.2) is 23.9 Å². The molecule has 0 saturated heterocycles. The number of thiophene rings is 1. The van der Waals surface area contributed by atoms with Gasteiger partial charge in [-0.3, -0.25) is 9.59 Å². The maximum Gasteiger partial charge on any atom is 0.416 e. The average molecular weight is 502 g/mol. The van der Waals surface area contributed by atoms with Gasteiger partial charge in [-0.15, -0.1) is 11.3 Å². The summed E-state index contributed by atoms with van der Waals surface area (Å²) in [5.41, 5.74) is 6.29. The molecular weight excluding hydrogens is 463 g/mol. The summed E-state index contributed by atoms with van der Waals surface area (Å²) in [5, 5.41) is 10.0. The Balaban J connectivity index is -0.000000472. The highest BCUT2D eigenvalue weighted by atomic mass is 32.1. The van der Waals surface area contributed by atoms with Crippen LogP contribution in [0.2, 0.25) is 0 Å². The Hall–Kier alpha value is -2.71. The number of aliphatic carboxylic acids is 1. The molecule has 0 radical (unpaired) electrons. The van der Waals surface area contributed by atoms with Gasteiger partial charge in [0.05, 0.1) is 16.4 Å². The third kappa shape index (κ3) is 16.9. The Kier molecular flexibility index (Phi) is 22.0. The Labute approximate surface area is 206 Å². The fraction of sp³-hybridized carbons (Fsp3) is 0.385. The van der Waals surface area contributed by atoms with E-state index in [-0.39, 0.29) is 0 Å². The second kappa shape index (κ2) is 20.9. The van der Waals surface area contributed by atoms with Crippen LogP contribution < -0.4 is 5.73 Å². The van der Waals surface area contributed by atoms with Crippen LogP contribution in [0.15, 0.2) is 60.0 Å². The lowest BCUT2D eigenvalue weighted by molar-refractivity contribution is -0.140. The molecule has 2 aromatic rings. The lowest BCUT2D eigenvalue weighted by Gasteiger charge is -2.06. The number of allylic oxidation sites excluding steroid dienone is 2. The van der Waals surface area contributed by atoms with Crippen molar-refractivity contribution in [1.29, 1.82) is 0 Å². The molecule has 0 aliphatic heterocycles. The molecule has 1 heterocycles. The van der Waals surface area contributed by atoms with E-state index in [1.54, 1.807) is 25.3 Å². The maximum absolute atomic E-state index is 12.3. The summed E-state index contributed by atoms with van der Waals surface area (Å²) in [4.78, 5) is 21.1. The summed E-state index contributed by atoms with van der Waals surface area (Å²) in [7, 11) is 0. The van der Waals surface area contributed by atoms with Crippen LogP contribution in [0.1, 0.15) is 63.7 Å². The Morgan fingerprint density at radius 3 is 1.82 bits per heavy atom. The molecule has 192 valence electrons. The van der Waals surface area contributed by atoms with Crippen LogP contribution in [0.4, 0.5) is 13.2 Å². The van der Waals surface area contributed by atoms with E-state index in [4.69, 9.17) is 10.8 Å². The number of rotatable bonds is 4. The summed E-state index contributed by atoms with van der Waals surface area (Å²) in [6.07, 6.45) is 0.402. The molecule has 0 amide bonds. The Morgan fingerprint density at radius 1 is 1.15 bits per heavy atom. The van der Waals surface area contributed by atoms with E-state index in [0.29, 0.717) is 16.0 Å². The van der Waals surface area contributed by atoms with Crippen molar-refractivity contribution in [1.82, 2.24) is 0 Å². The fourth-order valence-corrected chi connectivity index (χ4v) is 2.35. The molecule has 2 rings (SSSR count). The van der Waals surface area contributed by atoms with E-state index in [1.165, 1.54) is 23.5 Å². The number of carbonyl (C=O) groups is 2. The summed E-state index contributed by atoms with van der Waals surface area (Å²) in [5.74, 6) is -1.22. The van der Waals surface area contributed by atoms with Crippen LogP contribution in [0, 0.1) is 5.92 Å². The zero-order chi connectivity index (χ0) is 27.3. The Morgan fingerprint density at radius 2 is 1.59 bits per heavy atom. The highest BCUT2D eigenvalue weighted by Crippen LogP contribution is 2.31. The van der Waals surface area contributed by atoms with Crippen molar-refractivity contribution in [3.8, 4) is 11.1 Å². The van der Waals surface area contributed by atoms with E-state index in [9.17, 15) is 22.8 Å². The molecule has 1 aromatic heterocycles. The molecule has 1 atom stereocenters. The van der Waals surface area contributed by atoms with Crippen molar-refractivity contribution in [3.05, 3.63) is 70.5 Å². The molecule has 0 aliphatic rings. The summed E-state index contributed by atoms with van der Waals surface area (Å²) >= 11 is 1.26. The minimum Gasteiger partial charge on any atom is -0.481 e. The monoisotopic (exact) mass is 501 g/mol. The number of carbonyl (C=O) groups excluding carboxylic acids is 1. The van der Waals surface area contributed by atoms with Crippen molar-refractivity contribution in [2.45, 2.75) is 54.6 Å². The highest BCUT2D eigenvalue weighted by molar-refractivity contribution is 7.12. The van der Waals surface area contributed by atoms with Gasteiger partial charge in [-0.2, -0.15) is 13.2 Å². The SMILES string of the molecule is C/C=C\C.C=C(C)C(C)C(=O)O.CC.CCN.O=Cc1cc(-c2ccc(C(F)(F)F)cc2)cs1. The van der Waals surface area contributed by atoms with Crippen molar-refractivity contribution in [2.75, 3.05) is 6.54 Å². The molecule has 4 nitrogen and oxygen atoms in total. The zero-order valence-electron chi connectivity index (χ0n) is 21.1. The van der Waals surface area contributed by atoms with Crippen molar-refractivity contribution >= 4 is 23.6 Å². The molecule has 0 fully saturated rings. The number of carboxylic acid groups (broad SMARTS) is 1. The van der Waals surface area contributed by atoms with E-state index >= 15 is 0 Å². The maximum atomic E-state index is 12.3. The molecule has 3 N–H and O–H groups in total. The van der Waals surface area contributed by atoms with E-state index in [2.05, 4.69) is 6.58 Å². The van der Waals surface area contributed by atoms with Crippen LogP contribution in [0.5, 0.6) is 0 Å². The van der Waals surface area contributed by atoms with E-state index in [0.717, 1.165) is 30.5 Å². The minimum atomic E-state index is -4.32. The largest absolute Gasteiger partial charge is 0.481 e. The molecule has 0 bridgehead atoms.